The van der Waals surface area contributed by atoms with E-state index < -0.39 is 19.7 Å². The molecule has 0 aliphatic carbocycles. The molecular formula is C22H39B2N4O7PS. The zero-order valence-electron chi connectivity index (χ0n) is 22.2. The third-order valence-corrected chi connectivity index (χ3v) is 9.99. The molecule has 0 bridgehead atoms. The maximum atomic E-state index is 14.7. The third-order valence-electron chi connectivity index (χ3n) is 6.55. The summed E-state index contributed by atoms with van der Waals surface area (Å²) in [6.45, 7) is 10.6. The van der Waals surface area contributed by atoms with E-state index in [9.17, 15) is 14.2 Å². The van der Waals surface area contributed by atoms with E-state index in [0.29, 0.717) is 59.0 Å². The highest BCUT2D eigenvalue weighted by Crippen LogP contribution is 2.55. The summed E-state index contributed by atoms with van der Waals surface area (Å²) in [6.07, 6.45) is -0.667. The quantitative estimate of drug-likeness (QED) is 0.254. The first-order chi connectivity index (χ1) is 17.6. The maximum absolute atomic E-state index is 14.7. The van der Waals surface area contributed by atoms with Crippen molar-refractivity contribution < 1.29 is 32.9 Å². The lowest BCUT2D eigenvalue weighted by atomic mass is 9.97. The molecule has 11 nitrogen and oxygen atoms in total. The van der Waals surface area contributed by atoms with Gasteiger partial charge in [-0.05, 0) is 13.5 Å². The van der Waals surface area contributed by atoms with Crippen LogP contribution in [0, 0.1) is 0 Å². The molecule has 0 N–H and O–H groups in total. The molecule has 3 aliphatic rings. The van der Waals surface area contributed by atoms with E-state index in [1.54, 1.807) is 9.57 Å². The molecule has 0 aromatic heterocycles. The number of likely N-dealkylation sites (N-methyl/N-ethyl adjacent to an activating group) is 1. The number of carbonyl (C=O) groups excluding carboxylic acids is 2. The molecule has 0 saturated carbocycles. The molecule has 0 aromatic rings. The van der Waals surface area contributed by atoms with Crippen LogP contribution in [-0.2, 0) is 32.9 Å². The van der Waals surface area contributed by atoms with Gasteiger partial charge in [0, 0.05) is 77.9 Å². The van der Waals surface area contributed by atoms with E-state index in [0.717, 1.165) is 18.3 Å². The highest BCUT2D eigenvalue weighted by molar-refractivity contribution is 8.14. The van der Waals surface area contributed by atoms with Crippen molar-refractivity contribution >= 4 is 46.1 Å². The summed E-state index contributed by atoms with van der Waals surface area (Å²) in [5.41, 5.74) is 0. The molecule has 1 amide bonds. The Balaban J connectivity index is 1.71. The van der Waals surface area contributed by atoms with Gasteiger partial charge in [-0.15, -0.1) is 0 Å². The number of amides is 1. The SMILES string of the molecule is [B]C1CN(CC)CC(COP(=O)(N2CCN(C(=O)CSC(C)=O)CC2)N2CC([B])OC(COCC)C2)O1. The molecule has 3 rings (SSSR count). The second kappa shape index (κ2) is 14.8. The fraction of sp³-hybridized carbons (Fsp3) is 0.909. The van der Waals surface area contributed by atoms with Gasteiger partial charge in [0.25, 0.3) is 0 Å². The minimum atomic E-state index is -3.56. The zero-order valence-corrected chi connectivity index (χ0v) is 23.9. The predicted molar refractivity (Wildman–Crippen MR) is 144 cm³/mol. The summed E-state index contributed by atoms with van der Waals surface area (Å²) in [7, 11) is 8.69. The van der Waals surface area contributed by atoms with Crippen LogP contribution in [0.5, 0.6) is 0 Å². The zero-order chi connectivity index (χ0) is 27.0. The first-order valence-corrected chi connectivity index (χ1v) is 15.4. The van der Waals surface area contributed by atoms with Gasteiger partial charge in [-0.25, -0.2) is 9.34 Å². The van der Waals surface area contributed by atoms with E-state index in [2.05, 4.69) is 11.8 Å². The molecule has 37 heavy (non-hydrogen) atoms. The molecular weight excluding hydrogens is 517 g/mol. The number of ether oxygens (including phenoxy) is 3. The molecule has 206 valence electrons. The van der Waals surface area contributed by atoms with E-state index in [1.165, 1.54) is 6.92 Å². The fourth-order valence-electron chi connectivity index (χ4n) is 4.67. The van der Waals surface area contributed by atoms with Crippen LogP contribution in [0.15, 0.2) is 0 Å². The smallest absolute Gasteiger partial charge is 0.346 e. The second-order valence-corrected chi connectivity index (χ2v) is 12.9. The summed E-state index contributed by atoms with van der Waals surface area (Å²) in [5, 5.41) is -0.0959. The molecule has 5 atom stereocenters. The van der Waals surface area contributed by atoms with Gasteiger partial charge in [-0.2, -0.15) is 0 Å². The van der Waals surface area contributed by atoms with Crippen LogP contribution in [0.25, 0.3) is 0 Å². The van der Waals surface area contributed by atoms with Crippen molar-refractivity contribution in [3.63, 3.8) is 0 Å². The van der Waals surface area contributed by atoms with Gasteiger partial charge in [0.2, 0.25) is 5.91 Å². The van der Waals surface area contributed by atoms with Crippen LogP contribution < -0.4 is 0 Å². The number of thioether (sulfide) groups is 1. The fourth-order valence-corrected chi connectivity index (χ4v) is 7.67. The number of nitrogens with zero attached hydrogens (tertiary/aromatic N) is 4. The van der Waals surface area contributed by atoms with E-state index in [1.807, 2.05) is 11.6 Å². The van der Waals surface area contributed by atoms with Crippen LogP contribution in [-0.4, -0.2) is 155 Å². The van der Waals surface area contributed by atoms with Gasteiger partial charge in [-0.3, -0.25) is 19.1 Å². The average molecular weight is 556 g/mol. The van der Waals surface area contributed by atoms with Crippen LogP contribution in [0.1, 0.15) is 20.8 Å². The Bertz CT molecular complexity index is 811. The minimum absolute atomic E-state index is 0.0959. The molecule has 5 unspecified atom stereocenters. The predicted octanol–water partition coefficient (Wildman–Crippen LogP) is -0.0178. The Labute approximate surface area is 227 Å². The molecule has 3 fully saturated rings. The van der Waals surface area contributed by atoms with Crippen LogP contribution in [0.2, 0.25) is 0 Å². The van der Waals surface area contributed by atoms with Gasteiger partial charge in [0.15, 0.2) is 5.12 Å². The van der Waals surface area contributed by atoms with Crippen molar-refractivity contribution in [3.8, 4) is 0 Å². The van der Waals surface area contributed by atoms with Crippen molar-refractivity contribution in [1.82, 2.24) is 19.1 Å². The van der Waals surface area contributed by atoms with Crippen molar-refractivity contribution in [2.75, 3.05) is 84.5 Å². The lowest BCUT2D eigenvalue weighted by Crippen LogP contribution is -2.54. The monoisotopic (exact) mass is 556 g/mol. The highest BCUT2D eigenvalue weighted by atomic mass is 32.2. The average Bonchev–Trinajstić information content (AvgIpc) is 2.88. The lowest BCUT2D eigenvalue weighted by Gasteiger charge is -2.46. The molecule has 15 heteroatoms. The van der Waals surface area contributed by atoms with Gasteiger partial charge in [0.1, 0.15) is 15.7 Å². The lowest BCUT2D eigenvalue weighted by molar-refractivity contribution is -0.129. The molecule has 3 aliphatic heterocycles. The van der Waals surface area contributed by atoms with Crippen molar-refractivity contribution in [3.05, 3.63) is 0 Å². The molecule has 4 radical (unpaired) electrons. The Kier molecular flexibility index (Phi) is 12.5. The first-order valence-electron chi connectivity index (χ1n) is 12.9. The maximum Gasteiger partial charge on any atom is 0.346 e. The number of rotatable bonds is 11. The minimum Gasteiger partial charge on any atom is -0.380 e. The summed E-state index contributed by atoms with van der Waals surface area (Å²) in [4.78, 5) is 27.6. The molecule has 0 spiro atoms. The molecule has 3 heterocycles. The second-order valence-electron chi connectivity index (χ2n) is 9.38. The first kappa shape index (κ1) is 31.1. The largest absolute Gasteiger partial charge is 0.380 e. The van der Waals surface area contributed by atoms with Gasteiger partial charge in [-0.1, -0.05) is 18.7 Å². The van der Waals surface area contributed by atoms with Crippen LogP contribution in [0.4, 0.5) is 0 Å². The van der Waals surface area contributed by atoms with Crippen LogP contribution in [0.3, 0.4) is 0 Å². The number of hydrogen-bond donors (Lipinski definition) is 0. The van der Waals surface area contributed by atoms with Gasteiger partial charge < -0.3 is 23.6 Å². The Morgan fingerprint density at radius 3 is 2.22 bits per heavy atom. The standard InChI is InChI=1S/C22H39B2N4O7PS/c1-4-25-10-18(34-20(23)12-25)15-33-36(31,28-11-19(14-32-5-2)35-21(24)13-28)27-8-6-26(7-9-27)22(30)16-37-17(3)29/h18-21H,4-16H2,1-3H3. The topological polar surface area (TPSA) is 101 Å². The summed E-state index contributed by atoms with van der Waals surface area (Å²) in [5.74, 6) is -0.00118. The van der Waals surface area contributed by atoms with Gasteiger partial charge in [0.05, 0.1) is 31.2 Å². The third kappa shape index (κ3) is 9.05. The molecule has 3 saturated heterocycles. The van der Waals surface area contributed by atoms with Crippen LogP contribution >= 0.6 is 19.4 Å². The summed E-state index contributed by atoms with van der Waals surface area (Å²) < 4.78 is 41.8. The van der Waals surface area contributed by atoms with Crippen molar-refractivity contribution in [2.45, 2.75) is 45.0 Å². The van der Waals surface area contributed by atoms with Crippen molar-refractivity contribution in [2.24, 2.45) is 0 Å². The number of carbonyl (C=O) groups is 2. The summed E-state index contributed by atoms with van der Waals surface area (Å²) in [6, 6.07) is -1.07. The van der Waals surface area contributed by atoms with Gasteiger partial charge >= 0.3 is 7.67 Å². The van der Waals surface area contributed by atoms with E-state index >= 15 is 0 Å². The number of hydrogen-bond acceptors (Lipinski definition) is 9. The number of piperazine rings is 1. The molecule has 0 aromatic carbocycles. The normalized spacial score (nSPS) is 30.2. The Morgan fingerprint density at radius 1 is 0.946 bits per heavy atom. The number of morpholine rings is 2. The van der Waals surface area contributed by atoms with E-state index in [4.69, 9.17) is 34.4 Å². The Hall–Kier alpha value is -0.430. The van der Waals surface area contributed by atoms with E-state index in [-0.39, 0.29) is 42.1 Å². The highest BCUT2D eigenvalue weighted by Gasteiger charge is 2.45. The van der Waals surface area contributed by atoms with Crippen molar-refractivity contribution in [1.29, 1.82) is 0 Å². The summed E-state index contributed by atoms with van der Waals surface area (Å²) >= 11 is 0.996. The Morgan fingerprint density at radius 2 is 1.59 bits per heavy atom.